The van der Waals surface area contributed by atoms with Gasteiger partial charge >= 0.3 is 5.56 Å². The molecule has 19 heavy (non-hydrogen) atoms. The van der Waals surface area contributed by atoms with Gasteiger partial charge in [0.2, 0.25) is 0 Å². The predicted octanol–water partition coefficient (Wildman–Crippen LogP) is 2.85. The van der Waals surface area contributed by atoms with Crippen LogP contribution in [-0.2, 0) is 0 Å². The first-order chi connectivity index (χ1) is 8.99. The van der Waals surface area contributed by atoms with Crippen molar-refractivity contribution in [1.82, 2.24) is 9.55 Å². The minimum atomic E-state index is -0.301. The number of halogens is 1. The fraction of sp³-hybridized carbons (Fsp3) is 0.231. The predicted molar refractivity (Wildman–Crippen MR) is 74.8 cm³/mol. The van der Waals surface area contributed by atoms with Gasteiger partial charge in [-0.3, -0.25) is 4.79 Å². The summed E-state index contributed by atoms with van der Waals surface area (Å²) in [6.07, 6.45) is 3.13. The van der Waals surface area contributed by atoms with Gasteiger partial charge in [-0.25, -0.2) is 4.98 Å². The molecule has 0 aliphatic heterocycles. The molecule has 6 heteroatoms. The molecule has 2 rings (SSSR count). The summed E-state index contributed by atoms with van der Waals surface area (Å²) in [5.74, 6) is 0.338. The second-order valence-corrected chi connectivity index (χ2v) is 4.74. The highest BCUT2D eigenvalue weighted by Crippen LogP contribution is 2.28. The Balaban J connectivity index is 2.39. The van der Waals surface area contributed by atoms with Crippen LogP contribution >= 0.6 is 11.6 Å². The van der Waals surface area contributed by atoms with E-state index < -0.39 is 0 Å². The first kappa shape index (κ1) is 13.4. The first-order valence-corrected chi connectivity index (χ1v) is 6.17. The molecular formula is C13H14ClN3O2. The number of rotatable bonds is 3. The second kappa shape index (κ2) is 5.32. The molecule has 0 amide bonds. The van der Waals surface area contributed by atoms with Crippen LogP contribution in [0.4, 0.5) is 5.69 Å². The van der Waals surface area contributed by atoms with E-state index in [4.69, 9.17) is 22.1 Å². The lowest BCUT2D eigenvalue weighted by atomic mass is 10.3. The van der Waals surface area contributed by atoms with Crippen LogP contribution in [0.3, 0.4) is 0 Å². The highest BCUT2D eigenvalue weighted by atomic mass is 35.5. The Morgan fingerprint density at radius 2 is 2.16 bits per heavy atom. The molecule has 0 aliphatic rings. The standard InChI is InChI=1S/C13H14ClN3O2/c1-8(2)17-6-5-16-12(13(17)18)19-11-4-3-9(15)7-10(11)14/h3-8H,15H2,1-2H3. The normalized spacial score (nSPS) is 10.7. The highest BCUT2D eigenvalue weighted by molar-refractivity contribution is 6.32. The number of benzene rings is 1. The molecule has 2 N–H and O–H groups in total. The summed E-state index contributed by atoms with van der Waals surface area (Å²) in [5, 5.41) is 0.334. The van der Waals surface area contributed by atoms with E-state index in [1.54, 1.807) is 24.4 Å². The monoisotopic (exact) mass is 279 g/mol. The molecule has 0 unspecified atom stereocenters. The van der Waals surface area contributed by atoms with E-state index in [0.717, 1.165) is 0 Å². The van der Waals surface area contributed by atoms with Crippen LogP contribution in [-0.4, -0.2) is 9.55 Å². The second-order valence-electron chi connectivity index (χ2n) is 4.33. The molecule has 1 aromatic carbocycles. The van der Waals surface area contributed by atoms with E-state index in [0.29, 0.717) is 16.5 Å². The Kier molecular flexibility index (Phi) is 3.76. The van der Waals surface area contributed by atoms with Gasteiger partial charge in [0.25, 0.3) is 5.88 Å². The lowest BCUT2D eigenvalue weighted by Gasteiger charge is -2.11. The molecule has 0 bridgehead atoms. The minimum Gasteiger partial charge on any atom is -0.433 e. The van der Waals surface area contributed by atoms with Crippen LogP contribution in [0, 0.1) is 0 Å². The molecule has 5 nitrogen and oxygen atoms in total. The Hall–Kier alpha value is -2.01. The van der Waals surface area contributed by atoms with Crippen molar-refractivity contribution in [1.29, 1.82) is 0 Å². The number of nitrogen functional groups attached to an aromatic ring is 1. The summed E-state index contributed by atoms with van der Waals surface area (Å²) in [6, 6.07) is 4.83. The molecule has 0 aliphatic carbocycles. The molecule has 2 aromatic rings. The number of aromatic nitrogens is 2. The van der Waals surface area contributed by atoms with E-state index >= 15 is 0 Å². The largest absolute Gasteiger partial charge is 0.433 e. The third-order valence-electron chi connectivity index (χ3n) is 2.56. The number of ether oxygens (including phenoxy) is 1. The zero-order valence-electron chi connectivity index (χ0n) is 10.6. The number of hydrogen-bond donors (Lipinski definition) is 1. The SMILES string of the molecule is CC(C)n1ccnc(Oc2ccc(N)cc2Cl)c1=O. The maximum Gasteiger partial charge on any atom is 0.313 e. The van der Waals surface area contributed by atoms with Crippen molar-refractivity contribution in [3.05, 3.63) is 46.0 Å². The van der Waals surface area contributed by atoms with E-state index in [1.807, 2.05) is 13.8 Å². The van der Waals surface area contributed by atoms with Crippen molar-refractivity contribution in [2.45, 2.75) is 19.9 Å². The van der Waals surface area contributed by atoms with Crippen molar-refractivity contribution >= 4 is 17.3 Å². The van der Waals surface area contributed by atoms with Crippen LogP contribution < -0.4 is 16.0 Å². The van der Waals surface area contributed by atoms with E-state index in [2.05, 4.69) is 4.98 Å². The molecule has 100 valence electrons. The third-order valence-corrected chi connectivity index (χ3v) is 2.85. The van der Waals surface area contributed by atoms with Crippen molar-refractivity contribution < 1.29 is 4.74 Å². The van der Waals surface area contributed by atoms with Crippen LogP contribution in [0.1, 0.15) is 19.9 Å². The van der Waals surface area contributed by atoms with Crippen LogP contribution in [0.25, 0.3) is 0 Å². The maximum absolute atomic E-state index is 12.1. The summed E-state index contributed by atoms with van der Waals surface area (Å²) in [4.78, 5) is 16.0. The van der Waals surface area contributed by atoms with Gasteiger partial charge in [0.1, 0.15) is 5.75 Å². The van der Waals surface area contributed by atoms with Crippen molar-refractivity contribution in [3.8, 4) is 11.6 Å². The molecule has 0 saturated carbocycles. The van der Waals surface area contributed by atoms with Gasteiger partial charge in [0, 0.05) is 24.1 Å². The minimum absolute atomic E-state index is 0.0112. The van der Waals surface area contributed by atoms with Gasteiger partial charge in [0.05, 0.1) is 5.02 Å². The van der Waals surface area contributed by atoms with E-state index in [1.165, 1.54) is 10.8 Å². The smallest absolute Gasteiger partial charge is 0.313 e. The van der Waals surface area contributed by atoms with E-state index in [-0.39, 0.29) is 17.5 Å². The molecular weight excluding hydrogens is 266 g/mol. The van der Waals surface area contributed by atoms with Crippen molar-refractivity contribution in [2.75, 3.05) is 5.73 Å². The Morgan fingerprint density at radius 3 is 2.79 bits per heavy atom. The van der Waals surface area contributed by atoms with Crippen LogP contribution in [0.5, 0.6) is 11.6 Å². The molecule has 0 atom stereocenters. The Labute approximate surface area is 115 Å². The highest BCUT2D eigenvalue weighted by Gasteiger charge is 2.11. The van der Waals surface area contributed by atoms with Gasteiger partial charge in [-0.1, -0.05) is 11.6 Å². The van der Waals surface area contributed by atoms with Gasteiger partial charge in [-0.15, -0.1) is 0 Å². The summed E-state index contributed by atoms with van der Waals surface area (Å²) < 4.78 is 6.99. The average molecular weight is 280 g/mol. The molecule has 0 fully saturated rings. The topological polar surface area (TPSA) is 70.1 Å². The third kappa shape index (κ3) is 2.88. The van der Waals surface area contributed by atoms with Gasteiger partial charge in [-0.2, -0.15) is 0 Å². The van der Waals surface area contributed by atoms with Gasteiger partial charge in [0.15, 0.2) is 0 Å². The number of nitrogens with two attached hydrogens (primary N) is 1. The summed E-state index contributed by atoms with van der Waals surface area (Å²) in [5.41, 5.74) is 5.82. The van der Waals surface area contributed by atoms with E-state index in [9.17, 15) is 4.79 Å². The number of hydrogen-bond acceptors (Lipinski definition) is 4. The molecule has 0 radical (unpaired) electrons. The molecule has 1 aromatic heterocycles. The molecule has 0 saturated heterocycles. The quantitative estimate of drug-likeness (QED) is 0.877. The first-order valence-electron chi connectivity index (χ1n) is 5.79. The average Bonchev–Trinajstić information content (AvgIpc) is 2.34. The lowest BCUT2D eigenvalue weighted by molar-refractivity contribution is 0.437. The zero-order chi connectivity index (χ0) is 14.0. The van der Waals surface area contributed by atoms with Crippen molar-refractivity contribution in [2.24, 2.45) is 0 Å². The molecule has 1 heterocycles. The summed E-state index contributed by atoms with van der Waals surface area (Å²) in [7, 11) is 0. The maximum atomic E-state index is 12.1. The summed E-state index contributed by atoms with van der Waals surface area (Å²) >= 11 is 5.99. The fourth-order valence-electron chi connectivity index (χ4n) is 1.59. The Morgan fingerprint density at radius 1 is 1.42 bits per heavy atom. The van der Waals surface area contributed by atoms with Crippen LogP contribution in [0.15, 0.2) is 35.4 Å². The van der Waals surface area contributed by atoms with Gasteiger partial charge in [-0.05, 0) is 32.0 Å². The molecule has 0 spiro atoms. The van der Waals surface area contributed by atoms with Gasteiger partial charge < -0.3 is 15.0 Å². The zero-order valence-corrected chi connectivity index (χ0v) is 11.4. The number of nitrogens with zero attached hydrogens (tertiary/aromatic N) is 2. The number of anilines is 1. The lowest BCUT2D eigenvalue weighted by Crippen LogP contribution is -2.23. The van der Waals surface area contributed by atoms with Crippen molar-refractivity contribution in [3.63, 3.8) is 0 Å². The summed E-state index contributed by atoms with van der Waals surface area (Å²) in [6.45, 7) is 3.81. The van der Waals surface area contributed by atoms with Crippen LogP contribution in [0.2, 0.25) is 5.02 Å². The fourth-order valence-corrected chi connectivity index (χ4v) is 1.81. The Bertz CT molecular complexity index is 653.